The minimum Gasteiger partial charge on any atom is -0.352 e. The normalized spacial score (nSPS) is 18.5. The number of hydrogen-bond acceptors (Lipinski definition) is 6. The van der Waals surface area contributed by atoms with E-state index in [1.54, 1.807) is 36.0 Å². The smallest absolute Gasteiger partial charge is 0.251 e. The van der Waals surface area contributed by atoms with Gasteiger partial charge in [-0.05, 0) is 56.2 Å². The molecule has 1 amide bonds. The quantitative estimate of drug-likeness (QED) is 0.477. The number of carbonyl (C=O) groups is 1. The molecule has 10 heteroatoms. The van der Waals surface area contributed by atoms with Crippen molar-refractivity contribution in [3.05, 3.63) is 35.7 Å². The molecular formula is C21H29N5O3S2. The summed E-state index contributed by atoms with van der Waals surface area (Å²) in [6, 6.07) is 7.26. The number of rotatable bonds is 8. The molecule has 1 aliphatic heterocycles. The number of nitrogens with one attached hydrogen (secondary N) is 1. The molecule has 168 valence electrons. The van der Waals surface area contributed by atoms with E-state index in [4.69, 9.17) is 0 Å². The zero-order valence-corrected chi connectivity index (χ0v) is 19.4. The highest BCUT2D eigenvalue weighted by Crippen LogP contribution is 2.33. The summed E-state index contributed by atoms with van der Waals surface area (Å²) in [5, 5.41) is 12.7. The summed E-state index contributed by atoms with van der Waals surface area (Å²) in [5.74, 6) is 1.03. The van der Waals surface area contributed by atoms with Crippen molar-refractivity contribution in [3.63, 3.8) is 0 Å². The molecule has 2 aromatic rings. The maximum Gasteiger partial charge on any atom is 0.251 e. The maximum absolute atomic E-state index is 12.5. The number of thioether (sulfide) groups is 1. The lowest BCUT2D eigenvalue weighted by molar-refractivity contribution is 0.0953. The molecule has 1 saturated heterocycles. The molecule has 1 saturated carbocycles. The number of hydrogen-bond donors (Lipinski definition) is 1. The lowest BCUT2D eigenvalue weighted by Gasteiger charge is -2.17. The molecule has 1 N–H and O–H groups in total. The van der Waals surface area contributed by atoms with Gasteiger partial charge in [0.1, 0.15) is 5.82 Å². The molecular weight excluding hydrogens is 434 g/mol. The number of amides is 1. The Morgan fingerprint density at radius 3 is 2.55 bits per heavy atom. The van der Waals surface area contributed by atoms with Crippen LogP contribution in [0.3, 0.4) is 0 Å². The van der Waals surface area contributed by atoms with Gasteiger partial charge < -0.3 is 9.88 Å². The van der Waals surface area contributed by atoms with Crippen molar-refractivity contribution < 1.29 is 13.2 Å². The minimum atomic E-state index is -3.21. The van der Waals surface area contributed by atoms with E-state index in [-0.39, 0.29) is 11.7 Å². The molecule has 1 aromatic carbocycles. The summed E-state index contributed by atoms with van der Waals surface area (Å²) in [6.07, 6.45) is 9.12. The van der Waals surface area contributed by atoms with Crippen molar-refractivity contribution in [2.45, 2.75) is 56.1 Å². The molecule has 31 heavy (non-hydrogen) atoms. The van der Waals surface area contributed by atoms with E-state index >= 15 is 0 Å². The average Bonchev–Trinajstić information content (AvgIpc) is 3.50. The van der Waals surface area contributed by atoms with Crippen LogP contribution in [0.25, 0.3) is 0 Å². The largest absolute Gasteiger partial charge is 0.352 e. The van der Waals surface area contributed by atoms with Crippen LogP contribution in [-0.4, -0.2) is 54.2 Å². The summed E-state index contributed by atoms with van der Waals surface area (Å²) in [5.41, 5.74) is 1.14. The van der Waals surface area contributed by atoms with Gasteiger partial charge in [-0.2, -0.15) is 0 Å². The molecule has 0 atom stereocenters. The van der Waals surface area contributed by atoms with E-state index in [0.717, 1.165) is 23.8 Å². The summed E-state index contributed by atoms with van der Waals surface area (Å²) in [7, 11) is -3.21. The molecule has 0 unspecified atom stereocenters. The van der Waals surface area contributed by atoms with Gasteiger partial charge in [-0.1, -0.05) is 24.6 Å². The van der Waals surface area contributed by atoms with Gasteiger partial charge in [0, 0.05) is 31.1 Å². The Kier molecular flexibility index (Phi) is 6.86. The van der Waals surface area contributed by atoms with Gasteiger partial charge in [-0.3, -0.25) is 9.10 Å². The SMILES string of the molecule is CSc1nnc(CCCNC(=O)c2ccc(N3CCCS3(=O)=O)cc2)n1C1CCCC1. The fourth-order valence-electron chi connectivity index (χ4n) is 4.41. The molecule has 1 aliphatic carbocycles. The van der Waals surface area contributed by atoms with Crippen molar-refractivity contribution in [2.75, 3.05) is 29.4 Å². The zero-order chi connectivity index (χ0) is 21.8. The van der Waals surface area contributed by atoms with Crippen LogP contribution >= 0.6 is 11.8 Å². The van der Waals surface area contributed by atoms with Crippen LogP contribution < -0.4 is 9.62 Å². The first kappa shape index (κ1) is 22.1. The van der Waals surface area contributed by atoms with Gasteiger partial charge in [0.15, 0.2) is 5.16 Å². The van der Waals surface area contributed by atoms with E-state index in [0.29, 0.717) is 36.8 Å². The van der Waals surface area contributed by atoms with Crippen LogP contribution in [0.2, 0.25) is 0 Å². The monoisotopic (exact) mass is 463 g/mol. The van der Waals surface area contributed by atoms with Crippen molar-refractivity contribution in [1.82, 2.24) is 20.1 Å². The molecule has 4 rings (SSSR count). The molecule has 2 heterocycles. The van der Waals surface area contributed by atoms with Gasteiger partial charge in [0.05, 0.1) is 11.4 Å². The van der Waals surface area contributed by atoms with Crippen LogP contribution in [0.5, 0.6) is 0 Å². The lowest BCUT2D eigenvalue weighted by atomic mass is 10.2. The Bertz CT molecular complexity index is 1010. The lowest BCUT2D eigenvalue weighted by Crippen LogP contribution is -2.26. The van der Waals surface area contributed by atoms with Gasteiger partial charge in [0.2, 0.25) is 10.0 Å². The Morgan fingerprint density at radius 2 is 1.90 bits per heavy atom. The molecule has 2 fully saturated rings. The van der Waals surface area contributed by atoms with E-state index in [1.807, 2.05) is 6.26 Å². The Balaban J connectivity index is 1.30. The first-order valence-corrected chi connectivity index (χ1v) is 13.7. The van der Waals surface area contributed by atoms with Crippen LogP contribution in [0.4, 0.5) is 5.69 Å². The molecule has 2 aliphatic rings. The van der Waals surface area contributed by atoms with Crippen molar-refractivity contribution in [2.24, 2.45) is 0 Å². The van der Waals surface area contributed by atoms with Crippen LogP contribution in [0.1, 0.15) is 60.7 Å². The van der Waals surface area contributed by atoms with Crippen LogP contribution in [0, 0.1) is 0 Å². The fraction of sp³-hybridized carbons (Fsp3) is 0.571. The van der Waals surface area contributed by atoms with Gasteiger partial charge in [-0.25, -0.2) is 8.42 Å². The Morgan fingerprint density at radius 1 is 1.16 bits per heavy atom. The topological polar surface area (TPSA) is 97.2 Å². The van der Waals surface area contributed by atoms with Crippen molar-refractivity contribution in [3.8, 4) is 0 Å². The second-order valence-corrected chi connectivity index (χ2v) is 10.8. The number of aromatic nitrogens is 3. The zero-order valence-electron chi connectivity index (χ0n) is 17.8. The maximum atomic E-state index is 12.5. The minimum absolute atomic E-state index is 0.155. The Hall–Kier alpha value is -2.07. The highest BCUT2D eigenvalue weighted by Gasteiger charge is 2.28. The second-order valence-electron chi connectivity index (χ2n) is 8.06. The Labute approximate surface area is 187 Å². The number of anilines is 1. The van der Waals surface area contributed by atoms with Gasteiger partial charge >= 0.3 is 0 Å². The van der Waals surface area contributed by atoms with Crippen LogP contribution in [-0.2, 0) is 16.4 Å². The first-order valence-electron chi connectivity index (χ1n) is 10.9. The summed E-state index contributed by atoms with van der Waals surface area (Å²) < 4.78 is 27.8. The molecule has 0 radical (unpaired) electrons. The number of benzene rings is 1. The number of nitrogens with zero attached hydrogens (tertiary/aromatic N) is 4. The molecule has 1 aromatic heterocycles. The standard InChI is InChI=1S/C21H29N5O3S2/c1-30-21-24-23-19(26(21)18-6-2-3-7-18)8-4-13-22-20(27)16-9-11-17(12-10-16)25-14-5-15-31(25,28)29/h9-12,18H,2-8,13-15H2,1H3,(H,22,27). The highest BCUT2D eigenvalue weighted by molar-refractivity contribution is 7.98. The predicted octanol–water partition coefficient (Wildman–Crippen LogP) is 3.02. The summed E-state index contributed by atoms with van der Waals surface area (Å²) in [4.78, 5) is 12.5. The summed E-state index contributed by atoms with van der Waals surface area (Å²) in [6.45, 7) is 1.05. The number of aryl methyl sites for hydroxylation is 1. The number of carbonyl (C=O) groups excluding carboxylic acids is 1. The van der Waals surface area contributed by atoms with E-state index in [1.165, 1.54) is 30.0 Å². The highest BCUT2D eigenvalue weighted by atomic mass is 32.2. The van der Waals surface area contributed by atoms with Crippen molar-refractivity contribution in [1.29, 1.82) is 0 Å². The third-order valence-electron chi connectivity index (χ3n) is 5.99. The van der Waals surface area contributed by atoms with Gasteiger partial charge in [-0.15, -0.1) is 10.2 Å². The average molecular weight is 464 g/mol. The first-order chi connectivity index (χ1) is 15.0. The molecule has 8 nitrogen and oxygen atoms in total. The van der Waals surface area contributed by atoms with Crippen LogP contribution in [0.15, 0.2) is 29.4 Å². The number of sulfonamides is 1. The van der Waals surface area contributed by atoms with E-state index < -0.39 is 10.0 Å². The summed E-state index contributed by atoms with van der Waals surface area (Å²) >= 11 is 1.63. The van der Waals surface area contributed by atoms with E-state index in [9.17, 15) is 13.2 Å². The van der Waals surface area contributed by atoms with Gasteiger partial charge in [0.25, 0.3) is 5.91 Å². The van der Waals surface area contributed by atoms with E-state index in [2.05, 4.69) is 20.1 Å². The molecule has 0 spiro atoms. The van der Waals surface area contributed by atoms with Crippen molar-refractivity contribution >= 4 is 33.4 Å². The third-order valence-corrected chi connectivity index (χ3v) is 8.50. The predicted molar refractivity (Wildman–Crippen MR) is 122 cm³/mol. The third kappa shape index (κ3) is 4.90. The molecule has 0 bridgehead atoms. The fourth-order valence-corrected chi connectivity index (χ4v) is 6.54. The second kappa shape index (κ2) is 9.60.